The molecule has 2 heterocycles. The van der Waals surface area contributed by atoms with Gasteiger partial charge in [0.25, 0.3) is 0 Å². The van der Waals surface area contributed by atoms with E-state index in [1.165, 1.54) is 11.1 Å². The summed E-state index contributed by atoms with van der Waals surface area (Å²) in [5.74, 6) is 0.756. The Labute approximate surface area is 105 Å². The van der Waals surface area contributed by atoms with Crippen LogP contribution in [0.1, 0.15) is 12.0 Å². The molecule has 0 radical (unpaired) electrons. The molecule has 1 saturated heterocycles. The van der Waals surface area contributed by atoms with E-state index in [1.54, 1.807) is 12.1 Å². The lowest BCUT2D eigenvalue weighted by molar-refractivity contribution is 0.155. The van der Waals surface area contributed by atoms with Crippen molar-refractivity contribution in [3.63, 3.8) is 0 Å². The van der Waals surface area contributed by atoms with E-state index in [2.05, 4.69) is 4.98 Å². The Morgan fingerprint density at radius 3 is 2.94 bits per heavy atom. The topological polar surface area (TPSA) is 80.5 Å². The van der Waals surface area contributed by atoms with E-state index in [1.807, 2.05) is 18.0 Å². The van der Waals surface area contributed by atoms with Crippen molar-refractivity contribution in [2.75, 3.05) is 25.0 Å². The number of anilines is 1. The van der Waals surface area contributed by atoms with E-state index in [0.29, 0.717) is 18.7 Å². The fraction of sp³-hybridized carbons (Fsp3) is 0.417. The maximum Gasteiger partial charge on any atom is 0.407 e. The monoisotopic (exact) mass is 246 g/mol. The molecule has 1 fully saturated rings. The number of rotatable bonds is 2. The summed E-state index contributed by atoms with van der Waals surface area (Å²) in [6.07, 6.45) is 1.44. The first-order valence-corrected chi connectivity index (χ1v) is 5.68. The number of carbonyl (C=O) groups is 1. The molecule has 0 aliphatic carbocycles. The number of carboxylic acid groups (broad SMARTS) is 1. The molecule has 6 nitrogen and oxygen atoms in total. The molecule has 94 valence electrons. The first-order valence-electron chi connectivity index (χ1n) is 5.68. The largest absolute Gasteiger partial charge is 0.465 e. The molecule has 1 atom stereocenters. The van der Waals surface area contributed by atoms with Crippen molar-refractivity contribution in [3.8, 4) is 6.07 Å². The molecular weight excluding hydrogens is 232 g/mol. The van der Waals surface area contributed by atoms with Crippen LogP contribution in [0.4, 0.5) is 10.6 Å². The zero-order valence-corrected chi connectivity index (χ0v) is 10.1. The Bertz CT molecular complexity index is 480. The van der Waals surface area contributed by atoms with Crippen LogP contribution in [0.3, 0.4) is 0 Å². The predicted molar refractivity (Wildman–Crippen MR) is 65.4 cm³/mol. The van der Waals surface area contributed by atoms with Gasteiger partial charge in [-0.2, -0.15) is 5.26 Å². The molecule has 1 N–H and O–H groups in total. The third-order valence-corrected chi connectivity index (χ3v) is 3.22. The molecule has 1 aromatic heterocycles. The first kappa shape index (κ1) is 12.2. The molecule has 6 heteroatoms. The van der Waals surface area contributed by atoms with E-state index in [4.69, 9.17) is 10.4 Å². The quantitative estimate of drug-likeness (QED) is 0.846. The van der Waals surface area contributed by atoms with Crippen LogP contribution >= 0.6 is 0 Å². The van der Waals surface area contributed by atoms with E-state index in [9.17, 15) is 4.79 Å². The molecule has 0 spiro atoms. The van der Waals surface area contributed by atoms with Crippen molar-refractivity contribution in [1.29, 1.82) is 5.26 Å². The average molecular weight is 246 g/mol. The molecule has 1 aromatic rings. The van der Waals surface area contributed by atoms with Crippen molar-refractivity contribution in [2.45, 2.75) is 12.5 Å². The number of aromatic nitrogens is 1. The van der Waals surface area contributed by atoms with Crippen molar-refractivity contribution in [2.24, 2.45) is 0 Å². The normalized spacial score (nSPS) is 18.4. The molecule has 0 saturated carbocycles. The molecule has 0 bridgehead atoms. The third-order valence-electron chi connectivity index (χ3n) is 3.22. The molecule has 1 amide bonds. The van der Waals surface area contributed by atoms with Crippen molar-refractivity contribution < 1.29 is 9.90 Å². The number of pyridine rings is 1. The third kappa shape index (κ3) is 2.35. The van der Waals surface area contributed by atoms with Crippen LogP contribution in [0.25, 0.3) is 0 Å². The van der Waals surface area contributed by atoms with Gasteiger partial charge in [0.1, 0.15) is 11.9 Å². The van der Waals surface area contributed by atoms with Crippen LogP contribution in [-0.2, 0) is 0 Å². The van der Waals surface area contributed by atoms with Crippen LogP contribution < -0.4 is 4.90 Å². The summed E-state index contributed by atoms with van der Waals surface area (Å²) in [5.41, 5.74) is 0.519. The number of likely N-dealkylation sites (N-methyl/N-ethyl adjacent to an activating group) is 1. The molecule has 2 rings (SSSR count). The fourth-order valence-electron chi connectivity index (χ4n) is 2.08. The number of nitriles is 1. The lowest BCUT2D eigenvalue weighted by Crippen LogP contribution is -2.36. The number of likely N-dealkylation sites (tertiary alicyclic amines) is 1. The van der Waals surface area contributed by atoms with Crippen LogP contribution in [0.15, 0.2) is 18.3 Å². The second-order valence-electron chi connectivity index (χ2n) is 4.30. The van der Waals surface area contributed by atoms with Gasteiger partial charge in [-0.25, -0.2) is 9.78 Å². The van der Waals surface area contributed by atoms with Crippen molar-refractivity contribution in [1.82, 2.24) is 9.88 Å². The zero-order valence-electron chi connectivity index (χ0n) is 10.1. The minimum absolute atomic E-state index is 0.140. The van der Waals surface area contributed by atoms with Crippen LogP contribution in [0.2, 0.25) is 0 Å². The van der Waals surface area contributed by atoms with Gasteiger partial charge in [0.2, 0.25) is 0 Å². The Balaban J connectivity index is 2.05. The maximum atomic E-state index is 10.8. The summed E-state index contributed by atoms with van der Waals surface area (Å²) in [6, 6.07) is 5.65. The van der Waals surface area contributed by atoms with Gasteiger partial charge in [0, 0.05) is 32.4 Å². The lowest BCUT2D eigenvalue weighted by atomic mass is 10.2. The summed E-state index contributed by atoms with van der Waals surface area (Å²) in [5, 5.41) is 17.6. The molecule has 18 heavy (non-hydrogen) atoms. The minimum atomic E-state index is -0.876. The number of amides is 1. The van der Waals surface area contributed by atoms with Gasteiger partial charge < -0.3 is 14.9 Å². The molecular formula is C12H14N4O2. The maximum absolute atomic E-state index is 10.8. The van der Waals surface area contributed by atoms with Crippen LogP contribution in [0.5, 0.6) is 0 Å². The van der Waals surface area contributed by atoms with Gasteiger partial charge in [-0.1, -0.05) is 0 Å². The molecule has 1 unspecified atom stereocenters. The second kappa shape index (κ2) is 4.92. The SMILES string of the molecule is CN(c1ccc(C#N)cn1)C1CCN(C(=O)O)C1. The van der Waals surface area contributed by atoms with E-state index >= 15 is 0 Å². The Kier molecular flexibility index (Phi) is 3.33. The fourth-order valence-corrected chi connectivity index (χ4v) is 2.08. The predicted octanol–water partition coefficient (Wildman–Crippen LogP) is 1.14. The molecule has 1 aliphatic rings. The van der Waals surface area contributed by atoms with E-state index in [-0.39, 0.29) is 6.04 Å². The summed E-state index contributed by atoms with van der Waals surface area (Å²) in [4.78, 5) is 18.4. The lowest BCUT2D eigenvalue weighted by Gasteiger charge is -2.25. The van der Waals surface area contributed by atoms with Gasteiger partial charge in [-0.15, -0.1) is 0 Å². The van der Waals surface area contributed by atoms with Crippen LogP contribution in [0, 0.1) is 11.3 Å². The first-order chi connectivity index (χ1) is 8.61. The van der Waals surface area contributed by atoms with Crippen LogP contribution in [-0.4, -0.2) is 47.3 Å². The summed E-state index contributed by atoms with van der Waals surface area (Å²) in [7, 11) is 1.89. The number of hydrogen-bond acceptors (Lipinski definition) is 4. The summed E-state index contributed by atoms with van der Waals surface area (Å²) >= 11 is 0. The minimum Gasteiger partial charge on any atom is -0.465 e. The Morgan fingerprint density at radius 1 is 1.67 bits per heavy atom. The highest BCUT2D eigenvalue weighted by Crippen LogP contribution is 2.19. The highest BCUT2D eigenvalue weighted by atomic mass is 16.4. The number of nitrogens with zero attached hydrogens (tertiary/aromatic N) is 4. The summed E-state index contributed by atoms with van der Waals surface area (Å²) < 4.78 is 0. The van der Waals surface area contributed by atoms with Gasteiger partial charge in [-0.05, 0) is 18.6 Å². The van der Waals surface area contributed by atoms with Crippen molar-refractivity contribution in [3.05, 3.63) is 23.9 Å². The Hall–Kier alpha value is -2.29. The highest BCUT2D eigenvalue weighted by Gasteiger charge is 2.29. The van der Waals surface area contributed by atoms with Gasteiger partial charge >= 0.3 is 6.09 Å². The van der Waals surface area contributed by atoms with Gasteiger partial charge in [-0.3, -0.25) is 0 Å². The zero-order chi connectivity index (χ0) is 13.1. The van der Waals surface area contributed by atoms with Gasteiger partial charge in [0.15, 0.2) is 0 Å². The molecule has 1 aliphatic heterocycles. The summed E-state index contributed by atoms with van der Waals surface area (Å²) in [6.45, 7) is 1.05. The second-order valence-corrected chi connectivity index (χ2v) is 4.30. The Morgan fingerprint density at radius 2 is 2.44 bits per heavy atom. The van der Waals surface area contributed by atoms with E-state index < -0.39 is 6.09 Å². The number of hydrogen-bond donors (Lipinski definition) is 1. The molecule has 0 aromatic carbocycles. The highest BCUT2D eigenvalue weighted by molar-refractivity contribution is 5.65. The smallest absolute Gasteiger partial charge is 0.407 e. The van der Waals surface area contributed by atoms with Gasteiger partial charge in [0.05, 0.1) is 5.56 Å². The average Bonchev–Trinajstić information content (AvgIpc) is 2.88. The van der Waals surface area contributed by atoms with E-state index in [0.717, 1.165) is 12.2 Å². The van der Waals surface area contributed by atoms with Crippen molar-refractivity contribution >= 4 is 11.9 Å². The standard InChI is InChI=1S/C12H14N4O2/c1-15(10-4-5-16(8-10)12(17)18)11-3-2-9(6-13)7-14-11/h2-3,7,10H,4-5,8H2,1H3,(H,17,18).